The average molecular weight is 513 g/mol. The molecule has 2 aliphatic rings. The molecule has 0 saturated heterocycles. The van der Waals surface area contributed by atoms with Crippen molar-refractivity contribution < 1.29 is 15.3 Å². The lowest BCUT2D eigenvalue weighted by molar-refractivity contribution is -0.0843. The number of aromatic nitrogens is 4. The van der Waals surface area contributed by atoms with Gasteiger partial charge in [-0.3, -0.25) is 4.98 Å². The molecule has 1 unspecified atom stereocenters. The maximum absolute atomic E-state index is 11.1. The van der Waals surface area contributed by atoms with Crippen LogP contribution in [-0.4, -0.2) is 65.7 Å². The lowest BCUT2D eigenvalue weighted by atomic mass is 9.80. The summed E-state index contributed by atoms with van der Waals surface area (Å²) in [4.78, 5) is 18.8. The number of aliphatic hydroxyl groups excluding tert-OH is 2. The molecule has 0 radical (unpaired) electrons. The van der Waals surface area contributed by atoms with Crippen LogP contribution < -0.4 is 10.6 Å². The van der Waals surface area contributed by atoms with Gasteiger partial charge in [0.25, 0.3) is 0 Å². The second kappa shape index (κ2) is 9.81. The van der Waals surface area contributed by atoms with Crippen LogP contribution in [0.1, 0.15) is 57.3 Å². The number of hydrogen-bond donors (Lipinski definition) is 5. The predicted molar refractivity (Wildman–Crippen MR) is 142 cm³/mol. The van der Waals surface area contributed by atoms with E-state index >= 15 is 0 Å². The van der Waals surface area contributed by atoms with Crippen molar-refractivity contribution in [2.75, 3.05) is 17.2 Å². The molecule has 0 amide bonds. The van der Waals surface area contributed by atoms with Gasteiger partial charge in [-0.25, -0.2) is 9.97 Å². The molecule has 194 valence electrons. The van der Waals surface area contributed by atoms with Crippen molar-refractivity contribution in [3.05, 3.63) is 23.7 Å². The smallest absolute Gasteiger partial charge is 0.224 e. The van der Waals surface area contributed by atoms with Crippen LogP contribution in [0.2, 0.25) is 0 Å². The molecule has 10 heteroatoms. The van der Waals surface area contributed by atoms with E-state index in [1.165, 1.54) is 12.8 Å². The fraction of sp³-hybridized carbons (Fsp3) is 0.615. The van der Waals surface area contributed by atoms with Gasteiger partial charge < -0.3 is 26.0 Å². The molecule has 0 aromatic carbocycles. The van der Waals surface area contributed by atoms with Crippen LogP contribution >= 0.6 is 11.3 Å². The standard InChI is InChI=1S/C26H36N6O3S/c1-5-26(35,6-2)16-11-17(22(34)21(16)33)30-23-19(13(3)29-25(32-23)28-12-15-7-8-15)24-31-20-14(4)27-10-9-18(20)36-24/h9-10,15-17,21-22,33-35H,5-8,11-12H2,1-4H3,(H2,28,29,30,32)/t16-,17?,21+,22-/m0/s1. The minimum absolute atomic E-state index is 0.427. The average Bonchev–Trinajstić information content (AvgIpc) is 3.53. The maximum atomic E-state index is 11.1. The highest BCUT2D eigenvalue weighted by atomic mass is 32.1. The second-order valence-corrected chi connectivity index (χ2v) is 11.4. The van der Waals surface area contributed by atoms with Crippen molar-refractivity contribution >= 4 is 33.3 Å². The van der Waals surface area contributed by atoms with Gasteiger partial charge in [-0.1, -0.05) is 13.8 Å². The summed E-state index contributed by atoms with van der Waals surface area (Å²) in [6, 6.07) is 1.48. The Morgan fingerprint density at radius 2 is 1.81 bits per heavy atom. The molecule has 3 aromatic heterocycles. The highest BCUT2D eigenvalue weighted by molar-refractivity contribution is 7.21. The molecule has 2 fully saturated rings. The Balaban J connectivity index is 1.52. The van der Waals surface area contributed by atoms with E-state index in [-0.39, 0.29) is 0 Å². The minimum Gasteiger partial charge on any atom is -0.390 e. The summed E-state index contributed by atoms with van der Waals surface area (Å²) in [6.45, 7) is 8.54. The van der Waals surface area contributed by atoms with Gasteiger partial charge in [-0.05, 0) is 57.9 Å². The lowest BCUT2D eigenvalue weighted by Gasteiger charge is -2.34. The number of fused-ring (bicyclic) bond motifs is 1. The van der Waals surface area contributed by atoms with Crippen LogP contribution in [0.5, 0.6) is 0 Å². The molecule has 0 spiro atoms. The number of rotatable bonds is 9. The fourth-order valence-electron chi connectivity index (χ4n) is 5.32. The summed E-state index contributed by atoms with van der Waals surface area (Å²) in [6.07, 6.45) is 3.62. The highest BCUT2D eigenvalue weighted by Crippen LogP contribution is 2.42. The van der Waals surface area contributed by atoms with E-state index in [0.717, 1.165) is 38.7 Å². The number of thiazole rings is 1. The molecule has 3 heterocycles. The number of pyridine rings is 1. The van der Waals surface area contributed by atoms with Crippen molar-refractivity contribution in [2.45, 2.75) is 83.6 Å². The van der Waals surface area contributed by atoms with Crippen LogP contribution in [0.4, 0.5) is 11.8 Å². The Morgan fingerprint density at radius 1 is 1.06 bits per heavy atom. The SMILES string of the molecule is CCC(O)(CC)[C@H]1CC(Nc2nc(NCC3CC3)nc(C)c2-c2nc3c(C)nccc3s2)[C@H](O)[C@@H]1O. The summed E-state index contributed by atoms with van der Waals surface area (Å²) in [5, 5.41) is 40.5. The first-order valence-corrected chi connectivity index (χ1v) is 13.8. The molecule has 2 aliphatic carbocycles. The van der Waals surface area contributed by atoms with Crippen molar-refractivity contribution in [2.24, 2.45) is 11.8 Å². The van der Waals surface area contributed by atoms with E-state index in [1.807, 2.05) is 33.8 Å². The molecule has 4 atom stereocenters. The zero-order chi connectivity index (χ0) is 25.6. The minimum atomic E-state index is -1.03. The maximum Gasteiger partial charge on any atom is 0.224 e. The van der Waals surface area contributed by atoms with Crippen LogP contribution in [0, 0.1) is 25.7 Å². The number of aliphatic hydroxyl groups is 3. The third kappa shape index (κ3) is 4.67. The number of aryl methyl sites for hydroxylation is 2. The Kier molecular flexibility index (Phi) is 6.88. The number of nitrogens with one attached hydrogen (secondary N) is 2. The van der Waals surface area contributed by atoms with Crippen molar-refractivity contribution in [1.82, 2.24) is 19.9 Å². The van der Waals surface area contributed by atoms with Gasteiger partial charge in [0, 0.05) is 18.7 Å². The van der Waals surface area contributed by atoms with Gasteiger partial charge in [0.15, 0.2) is 0 Å². The highest BCUT2D eigenvalue weighted by Gasteiger charge is 2.50. The van der Waals surface area contributed by atoms with Crippen molar-refractivity contribution in [1.29, 1.82) is 0 Å². The number of hydrogen-bond acceptors (Lipinski definition) is 10. The molecule has 2 saturated carbocycles. The van der Waals surface area contributed by atoms with Crippen molar-refractivity contribution in [3.63, 3.8) is 0 Å². The molecule has 36 heavy (non-hydrogen) atoms. The number of nitrogens with zero attached hydrogens (tertiary/aromatic N) is 4. The molecular weight excluding hydrogens is 476 g/mol. The van der Waals surface area contributed by atoms with Crippen LogP contribution in [0.15, 0.2) is 12.3 Å². The van der Waals surface area contributed by atoms with Crippen molar-refractivity contribution in [3.8, 4) is 10.6 Å². The summed E-state index contributed by atoms with van der Waals surface area (Å²) in [5.74, 6) is 1.33. The first kappa shape index (κ1) is 25.3. The molecule has 0 bridgehead atoms. The molecule has 9 nitrogen and oxygen atoms in total. The number of anilines is 2. The van der Waals surface area contributed by atoms with Gasteiger partial charge in [0.1, 0.15) is 22.4 Å². The van der Waals surface area contributed by atoms with E-state index in [0.29, 0.717) is 36.9 Å². The predicted octanol–water partition coefficient (Wildman–Crippen LogP) is 3.66. The summed E-state index contributed by atoms with van der Waals surface area (Å²) >= 11 is 1.55. The summed E-state index contributed by atoms with van der Waals surface area (Å²) in [7, 11) is 0. The third-order valence-corrected chi connectivity index (χ3v) is 9.00. The monoisotopic (exact) mass is 512 g/mol. The Bertz CT molecular complexity index is 1240. The van der Waals surface area contributed by atoms with Gasteiger partial charge in [0.2, 0.25) is 5.95 Å². The molecular formula is C26H36N6O3S. The van der Waals surface area contributed by atoms with E-state index in [9.17, 15) is 15.3 Å². The Morgan fingerprint density at radius 3 is 2.47 bits per heavy atom. The normalized spacial score (nSPS) is 24.4. The van der Waals surface area contributed by atoms with E-state index in [1.54, 1.807) is 17.5 Å². The van der Waals surface area contributed by atoms with E-state index in [2.05, 4.69) is 15.6 Å². The first-order chi connectivity index (χ1) is 17.2. The van der Waals surface area contributed by atoms with E-state index < -0.39 is 29.8 Å². The van der Waals surface area contributed by atoms with Crippen LogP contribution in [0.3, 0.4) is 0 Å². The first-order valence-electron chi connectivity index (χ1n) is 12.9. The van der Waals surface area contributed by atoms with E-state index in [4.69, 9.17) is 15.0 Å². The summed E-state index contributed by atoms with van der Waals surface area (Å²) < 4.78 is 1.03. The largest absolute Gasteiger partial charge is 0.390 e. The molecule has 5 rings (SSSR count). The summed E-state index contributed by atoms with van der Waals surface area (Å²) in [5.41, 5.74) is 2.24. The van der Waals surface area contributed by atoms with Crippen LogP contribution in [-0.2, 0) is 0 Å². The molecule has 0 aliphatic heterocycles. The lowest BCUT2D eigenvalue weighted by Crippen LogP contribution is -2.43. The third-order valence-electron chi connectivity index (χ3n) is 7.96. The topological polar surface area (TPSA) is 136 Å². The van der Waals surface area contributed by atoms with Crippen LogP contribution in [0.25, 0.3) is 20.8 Å². The van der Waals surface area contributed by atoms with Gasteiger partial charge in [-0.15, -0.1) is 11.3 Å². The van der Waals surface area contributed by atoms with Gasteiger partial charge in [0.05, 0.1) is 39.4 Å². The molecule has 3 aromatic rings. The Hall–Kier alpha value is -2.40. The zero-order valence-electron chi connectivity index (χ0n) is 21.3. The Labute approximate surface area is 215 Å². The quantitative estimate of drug-likeness (QED) is 0.291. The molecule has 5 N–H and O–H groups in total. The fourth-order valence-corrected chi connectivity index (χ4v) is 6.43. The van der Waals surface area contributed by atoms with Gasteiger partial charge >= 0.3 is 0 Å². The second-order valence-electron chi connectivity index (χ2n) is 10.3. The van der Waals surface area contributed by atoms with Gasteiger partial charge in [-0.2, -0.15) is 4.98 Å². The zero-order valence-corrected chi connectivity index (χ0v) is 22.1.